The van der Waals surface area contributed by atoms with Crippen LogP contribution in [0.2, 0.25) is 0 Å². The number of nitrogens with zero attached hydrogens (tertiary/aromatic N) is 2. The van der Waals surface area contributed by atoms with Gasteiger partial charge in [0.2, 0.25) is 0 Å². The van der Waals surface area contributed by atoms with Gasteiger partial charge in [0.15, 0.2) is 0 Å². The fourth-order valence-corrected chi connectivity index (χ4v) is 5.36. The molecular weight excluding hydrogens is 539 g/mol. The molecule has 1 saturated heterocycles. The van der Waals surface area contributed by atoms with E-state index in [-0.39, 0.29) is 49.2 Å². The van der Waals surface area contributed by atoms with Crippen LogP contribution in [0.5, 0.6) is 0 Å². The van der Waals surface area contributed by atoms with E-state index in [9.17, 15) is 4.79 Å². The Morgan fingerprint density at radius 3 is 2.08 bits per heavy atom. The second-order valence-corrected chi connectivity index (χ2v) is 9.62. The van der Waals surface area contributed by atoms with Crippen LogP contribution in [0.1, 0.15) is 45.1 Å². The van der Waals surface area contributed by atoms with Crippen molar-refractivity contribution in [3.05, 3.63) is 107 Å². The highest BCUT2D eigenvalue weighted by molar-refractivity contribution is 5.94. The SMILES string of the molecule is Cl.Cl.Cl.O=C(NCCN1CCN(C(c2ccccc2)c2ccccc2)CC1)c1ccc2c(c1)CNCCC2. The Morgan fingerprint density at radius 2 is 1.45 bits per heavy atom. The monoisotopic (exact) mass is 576 g/mol. The topological polar surface area (TPSA) is 47.6 Å². The number of aryl methyl sites for hydroxylation is 1. The second kappa shape index (κ2) is 16.1. The number of amides is 1. The first-order valence-corrected chi connectivity index (χ1v) is 12.9. The highest BCUT2D eigenvalue weighted by Crippen LogP contribution is 2.29. The van der Waals surface area contributed by atoms with Crippen molar-refractivity contribution in [2.24, 2.45) is 0 Å². The van der Waals surface area contributed by atoms with E-state index >= 15 is 0 Å². The van der Waals surface area contributed by atoms with E-state index in [1.165, 1.54) is 22.3 Å². The molecule has 3 aromatic rings. The molecule has 8 heteroatoms. The summed E-state index contributed by atoms with van der Waals surface area (Å²) in [6, 6.07) is 28.1. The number of piperazine rings is 1. The van der Waals surface area contributed by atoms with E-state index in [4.69, 9.17) is 0 Å². The maximum absolute atomic E-state index is 12.8. The number of fused-ring (bicyclic) bond motifs is 1. The minimum atomic E-state index is 0. The summed E-state index contributed by atoms with van der Waals surface area (Å²) >= 11 is 0. The Kier molecular flexibility index (Phi) is 13.6. The average Bonchev–Trinajstić information content (AvgIpc) is 3.16. The summed E-state index contributed by atoms with van der Waals surface area (Å²) in [6.07, 6.45) is 2.24. The summed E-state index contributed by atoms with van der Waals surface area (Å²) in [5, 5.41) is 6.59. The van der Waals surface area contributed by atoms with Crippen molar-refractivity contribution < 1.29 is 4.79 Å². The zero-order valence-electron chi connectivity index (χ0n) is 21.7. The molecule has 0 unspecified atom stereocenters. The molecule has 0 aliphatic carbocycles. The first kappa shape index (κ1) is 32.1. The lowest BCUT2D eigenvalue weighted by Crippen LogP contribution is -2.49. The van der Waals surface area contributed by atoms with Crippen LogP contribution in [-0.4, -0.2) is 61.5 Å². The zero-order valence-corrected chi connectivity index (χ0v) is 24.1. The van der Waals surface area contributed by atoms with E-state index < -0.39 is 0 Å². The lowest BCUT2D eigenvalue weighted by Gasteiger charge is -2.39. The third kappa shape index (κ3) is 8.19. The minimum Gasteiger partial charge on any atom is -0.351 e. The Bertz CT molecular complexity index is 1070. The highest BCUT2D eigenvalue weighted by atomic mass is 35.5. The lowest BCUT2D eigenvalue weighted by molar-refractivity contribution is 0.0921. The molecule has 0 saturated carbocycles. The molecule has 3 aromatic carbocycles. The minimum absolute atomic E-state index is 0. The van der Waals surface area contributed by atoms with Gasteiger partial charge in [-0.05, 0) is 53.8 Å². The normalized spacial score (nSPS) is 15.7. The standard InChI is InChI=1S/C30H36N4O.3ClH/c35-30(27-14-13-24-12-7-15-31-23-28(24)22-27)32-16-17-33-18-20-34(21-19-33)29(25-8-3-1-4-9-25)26-10-5-2-6-11-26;;;/h1-6,8-11,13-14,22,29,31H,7,12,15-21,23H2,(H,32,35);3*1H. The molecular formula is C30H39Cl3N4O. The number of carbonyl (C=O) groups excluding carboxylic acids is 1. The van der Waals surface area contributed by atoms with Gasteiger partial charge in [-0.1, -0.05) is 66.7 Å². The first-order chi connectivity index (χ1) is 17.3. The van der Waals surface area contributed by atoms with Crippen molar-refractivity contribution in [3.63, 3.8) is 0 Å². The maximum atomic E-state index is 12.8. The van der Waals surface area contributed by atoms with Crippen molar-refractivity contribution in [1.29, 1.82) is 0 Å². The van der Waals surface area contributed by atoms with Gasteiger partial charge in [0.05, 0.1) is 6.04 Å². The number of halogens is 3. The molecule has 0 radical (unpaired) electrons. The Balaban J connectivity index is 0.00000169. The van der Waals surface area contributed by atoms with Crippen molar-refractivity contribution in [2.75, 3.05) is 45.8 Å². The number of hydrogen-bond donors (Lipinski definition) is 2. The van der Waals surface area contributed by atoms with E-state index in [0.717, 1.165) is 64.2 Å². The van der Waals surface area contributed by atoms with Gasteiger partial charge < -0.3 is 10.6 Å². The van der Waals surface area contributed by atoms with Crippen LogP contribution in [0.25, 0.3) is 0 Å². The van der Waals surface area contributed by atoms with Gasteiger partial charge in [0.25, 0.3) is 5.91 Å². The molecule has 2 N–H and O–H groups in total. The lowest BCUT2D eigenvalue weighted by atomic mass is 9.96. The Hall–Kier alpha value is -2.12. The molecule has 0 aromatic heterocycles. The van der Waals surface area contributed by atoms with Gasteiger partial charge in [0, 0.05) is 51.4 Å². The van der Waals surface area contributed by atoms with Gasteiger partial charge in [-0.15, -0.1) is 37.2 Å². The van der Waals surface area contributed by atoms with Crippen LogP contribution >= 0.6 is 37.2 Å². The Morgan fingerprint density at radius 1 is 0.816 bits per heavy atom. The molecule has 206 valence electrons. The third-order valence-electron chi connectivity index (χ3n) is 7.30. The Labute approximate surface area is 245 Å². The van der Waals surface area contributed by atoms with Crippen molar-refractivity contribution >= 4 is 43.1 Å². The van der Waals surface area contributed by atoms with Crippen LogP contribution in [-0.2, 0) is 13.0 Å². The fraction of sp³-hybridized carbons (Fsp3) is 0.367. The molecule has 1 amide bonds. The highest BCUT2D eigenvalue weighted by Gasteiger charge is 2.26. The predicted octanol–water partition coefficient (Wildman–Crippen LogP) is 5.12. The number of hydrogen-bond acceptors (Lipinski definition) is 4. The van der Waals surface area contributed by atoms with Crippen LogP contribution in [0, 0.1) is 0 Å². The van der Waals surface area contributed by atoms with E-state index in [2.05, 4.69) is 93.2 Å². The molecule has 2 aliphatic heterocycles. The molecule has 5 rings (SSSR count). The quantitative estimate of drug-likeness (QED) is 0.409. The third-order valence-corrected chi connectivity index (χ3v) is 7.30. The maximum Gasteiger partial charge on any atom is 0.251 e. The molecule has 2 aliphatic rings. The zero-order chi connectivity index (χ0) is 23.9. The van der Waals surface area contributed by atoms with Gasteiger partial charge >= 0.3 is 0 Å². The first-order valence-electron chi connectivity index (χ1n) is 12.9. The summed E-state index contributed by atoms with van der Waals surface area (Å²) in [7, 11) is 0. The van der Waals surface area contributed by atoms with Crippen molar-refractivity contribution in [2.45, 2.75) is 25.4 Å². The summed E-state index contributed by atoms with van der Waals surface area (Å²) in [4.78, 5) is 17.8. The molecule has 0 bridgehead atoms. The van der Waals surface area contributed by atoms with Gasteiger partial charge in [-0.2, -0.15) is 0 Å². The van der Waals surface area contributed by atoms with Gasteiger partial charge in [0.1, 0.15) is 0 Å². The predicted molar refractivity (Wildman–Crippen MR) is 163 cm³/mol. The van der Waals surface area contributed by atoms with E-state index in [0.29, 0.717) is 6.54 Å². The summed E-state index contributed by atoms with van der Waals surface area (Å²) in [5.41, 5.74) is 6.09. The van der Waals surface area contributed by atoms with E-state index in [1.807, 2.05) is 6.07 Å². The summed E-state index contributed by atoms with van der Waals surface area (Å²) in [6.45, 7) is 7.50. The second-order valence-electron chi connectivity index (χ2n) is 9.62. The van der Waals surface area contributed by atoms with Crippen LogP contribution < -0.4 is 10.6 Å². The van der Waals surface area contributed by atoms with Crippen molar-refractivity contribution in [1.82, 2.24) is 20.4 Å². The van der Waals surface area contributed by atoms with Crippen LogP contribution in [0.3, 0.4) is 0 Å². The van der Waals surface area contributed by atoms with Crippen LogP contribution in [0.15, 0.2) is 78.9 Å². The number of carbonyl (C=O) groups is 1. The largest absolute Gasteiger partial charge is 0.351 e. The van der Waals surface area contributed by atoms with Gasteiger partial charge in [-0.3, -0.25) is 14.6 Å². The number of benzene rings is 3. The number of nitrogens with one attached hydrogen (secondary N) is 2. The molecule has 2 heterocycles. The van der Waals surface area contributed by atoms with E-state index in [1.54, 1.807) is 0 Å². The van der Waals surface area contributed by atoms with Crippen LogP contribution in [0.4, 0.5) is 0 Å². The number of rotatable bonds is 7. The van der Waals surface area contributed by atoms with Gasteiger partial charge in [-0.25, -0.2) is 0 Å². The average molecular weight is 578 g/mol. The molecule has 38 heavy (non-hydrogen) atoms. The smallest absolute Gasteiger partial charge is 0.251 e. The fourth-order valence-electron chi connectivity index (χ4n) is 5.36. The molecule has 0 atom stereocenters. The summed E-state index contributed by atoms with van der Waals surface area (Å²) in [5.74, 6) is 0.0314. The molecule has 1 fully saturated rings. The molecule has 5 nitrogen and oxygen atoms in total. The molecule has 0 spiro atoms. The summed E-state index contributed by atoms with van der Waals surface area (Å²) < 4.78 is 0. The van der Waals surface area contributed by atoms with Crippen molar-refractivity contribution in [3.8, 4) is 0 Å².